The summed E-state index contributed by atoms with van der Waals surface area (Å²) in [4.78, 5) is 59.7. The van der Waals surface area contributed by atoms with Gasteiger partial charge in [-0.15, -0.1) is 0 Å². The number of hydrogen-bond acceptors (Lipinski definition) is 16. The Hall–Kier alpha value is -4.17. The number of hydrogen-bond donors (Lipinski definition) is 8. The summed E-state index contributed by atoms with van der Waals surface area (Å²) in [7, 11) is 3.50. The first-order valence-electron chi connectivity index (χ1n) is 19.0. The second-order valence-corrected chi connectivity index (χ2v) is 15.3. The number of ether oxygens (including phenoxy) is 2. The van der Waals surface area contributed by atoms with Gasteiger partial charge < -0.3 is 79.5 Å². The van der Waals surface area contributed by atoms with E-state index in [0.717, 1.165) is 0 Å². The zero-order chi connectivity index (χ0) is 43.3. The predicted molar refractivity (Wildman–Crippen MR) is 208 cm³/mol. The molecular formula is C36H44B2N8Na2O14. The first kappa shape index (κ1) is 48.9. The van der Waals surface area contributed by atoms with Crippen LogP contribution in [0, 0.1) is 0 Å². The monoisotopic (exact) mass is 880 g/mol. The molecule has 0 spiro atoms. The maximum absolute atomic E-state index is 12.5. The quantitative estimate of drug-likeness (QED) is 0.0686. The van der Waals surface area contributed by atoms with E-state index in [1.165, 1.54) is 34.3 Å². The predicted octanol–water partition coefficient (Wildman–Crippen LogP) is -7.46. The number of fused-ring (bicyclic) bond motifs is 2. The molecule has 2 aromatic heterocycles. The smallest absolute Gasteiger partial charge is 0.669 e. The van der Waals surface area contributed by atoms with Crippen molar-refractivity contribution in [3.05, 3.63) is 83.0 Å². The Balaban J connectivity index is 0.000000227. The number of amides is 2. The topological polar surface area (TPSA) is 321 Å². The maximum Gasteiger partial charge on any atom is 1.00 e. The number of aryl methyl sites for hydroxylation is 4. The third-order valence-electron chi connectivity index (χ3n) is 10.8. The van der Waals surface area contributed by atoms with E-state index in [4.69, 9.17) is 30.2 Å². The van der Waals surface area contributed by atoms with Crippen LogP contribution in [0.25, 0.3) is 0 Å². The molecule has 2 aromatic carbocycles. The molecule has 2 amide bonds. The van der Waals surface area contributed by atoms with E-state index in [2.05, 4.69) is 9.97 Å². The third kappa shape index (κ3) is 10.3. The van der Waals surface area contributed by atoms with E-state index >= 15 is 0 Å². The van der Waals surface area contributed by atoms with Gasteiger partial charge in [-0.2, -0.15) is 0 Å². The van der Waals surface area contributed by atoms with Crippen molar-refractivity contribution in [2.24, 2.45) is 25.6 Å². The number of rotatable bonds is 10. The van der Waals surface area contributed by atoms with Crippen LogP contribution in [0.4, 0.5) is 0 Å². The summed E-state index contributed by atoms with van der Waals surface area (Å²) >= 11 is 0. The molecule has 2 atom stereocenters. The van der Waals surface area contributed by atoms with Crippen molar-refractivity contribution >= 4 is 37.3 Å². The molecule has 4 aliphatic rings. The fraction of sp³-hybridized carbons (Fsp3) is 0.389. The Labute approximate surface area is 398 Å². The van der Waals surface area contributed by atoms with Gasteiger partial charge in [-0.25, -0.2) is 19.6 Å². The number of carboxylic acids is 2. The zero-order valence-electron chi connectivity index (χ0n) is 34.5. The van der Waals surface area contributed by atoms with E-state index in [1.807, 2.05) is 0 Å². The van der Waals surface area contributed by atoms with Crippen molar-refractivity contribution in [3.8, 4) is 23.0 Å². The van der Waals surface area contributed by atoms with E-state index in [-0.39, 0.29) is 157 Å². The van der Waals surface area contributed by atoms with Crippen molar-refractivity contribution in [1.29, 1.82) is 0 Å². The summed E-state index contributed by atoms with van der Waals surface area (Å²) in [5, 5.41) is 58.5. The molecule has 0 bridgehead atoms. The van der Waals surface area contributed by atoms with Gasteiger partial charge in [0, 0.05) is 14.1 Å². The van der Waals surface area contributed by atoms with E-state index in [0.29, 0.717) is 22.5 Å². The zero-order valence-corrected chi connectivity index (χ0v) is 38.5. The van der Waals surface area contributed by atoms with Crippen LogP contribution in [0.2, 0.25) is 12.6 Å². The summed E-state index contributed by atoms with van der Waals surface area (Å²) in [6.07, 6.45) is 5.87. The maximum atomic E-state index is 12.5. The van der Waals surface area contributed by atoms with Gasteiger partial charge in [0.05, 0.1) is 74.1 Å². The van der Waals surface area contributed by atoms with Gasteiger partial charge in [0.25, 0.3) is 0 Å². The molecular weight excluding hydrogens is 836 g/mol. The van der Waals surface area contributed by atoms with Gasteiger partial charge in [0.2, 0.25) is 11.8 Å². The molecule has 62 heavy (non-hydrogen) atoms. The number of nitrogens with zero attached hydrogens (tertiary/aromatic N) is 6. The number of benzene rings is 2. The normalized spacial score (nSPS) is 18.1. The van der Waals surface area contributed by atoms with E-state index in [1.54, 1.807) is 48.0 Å². The molecule has 2 unspecified atom stereocenters. The molecule has 4 aromatic rings. The summed E-state index contributed by atoms with van der Waals surface area (Å²) in [5.41, 5.74) is 13.8. The Morgan fingerprint density at radius 2 is 1.03 bits per heavy atom. The Morgan fingerprint density at radius 3 is 1.34 bits per heavy atom. The molecule has 4 aliphatic heterocycles. The standard InChI is InChI=1S/2C18H22BN4O7.2Na/c2*1-22-9-21-6-12(22)15(20)17(24)23-7-11(8-23)29-13-3-2-10-4-5-19(27,28)30-16(10)14(13)18(25)26;;/h2*2-3,6,9,11,15,27-28H,4-5,7-8,20H2,1H3,(H,25,26);;/q2*-1;2*+1. The number of carbonyl (C=O) groups is 4. The van der Waals surface area contributed by atoms with Gasteiger partial charge in [-0.3, -0.25) is 9.59 Å². The van der Waals surface area contributed by atoms with Gasteiger partial charge in [0.15, 0.2) is 0 Å². The fourth-order valence-electron chi connectivity index (χ4n) is 7.39. The minimum atomic E-state index is -3.11. The van der Waals surface area contributed by atoms with Crippen LogP contribution >= 0.6 is 0 Å². The molecule has 8 rings (SSSR count). The number of aromatic nitrogens is 4. The number of imidazole rings is 2. The average Bonchev–Trinajstić information content (AvgIpc) is 3.79. The molecule has 2 saturated heterocycles. The van der Waals surface area contributed by atoms with Crippen LogP contribution in [-0.4, -0.2) is 135 Å². The van der Waals surface area contributed by atoms with Crippen molar-refractivity contribution in [3.63, 3.8) is 0 Å². The molecule has 22 nitrogen and oxygen atoms in total. The molecule has 0 radical (unpaired) electrons. The second-order valence-electron chi connectivity index (χ2n) is 15.3. The van der Waals surface area contributed by atoms with Gasteiger partial charge >= 0.3 is 84.6 Å². The fourth-order valence-corrected chi connectivity index (χ4v) is 7.39. The summed E-state index contributed by atoms with van der Waals surface area (Å²) < 4.78 is 25.2. The molecule has 320 valence electrons. The Bertz CT molecular complexity index is 2180. The van der Waals surface area contributed by atoms with Crippen LogP contribution in [0.1, 0.15) is 55.3 Å². The number of likely N-dealkylation sites (tertiary alicyclic amines) is 2. The van der Waals surface area contributed by atoms with Crippen molar-refractivity contribution in [2.45, 2.75) is 49.8 Å². The van der Waals surface area contributed by atoms with Crippen LogP contribution in [0.3, 0.4) is 0 Å². The van der Waals surface area contributed by atoms with Gasteiger partial charge in [-0.05, 0) is 36.1 Å². The Morgan fingerprint density at radius 1 is 0.677 bits per heavy atom. The van der Waals surface area contributed by atoms with Gasteiger partial charge in [0.1, 0.15) is 46.9 Å². The van der Waals surface area contributed by atoms with Gasteiger partial charge in [-0.1, -0.05) is 24.8 Å². The minimum Gasteiger partial charge on any atom is -0.669 e. The van der Waals surface area contributed by atoms with Crippen LogP contribution in [-0.2, 0) is 36.5 Å². The molecule has 10 N–H and O–H groups in total. The number of nitrogens with two attached hydrogens (primary N) is 2. The average molecular weight is 880 g/mol. The van der Waals surface area contributed by atoms with Crippen molar-refractivity contribution in [2.75, 3.05) is 26.2 Å². The summed E-state index contributed by atoms with van der Waals surface area (Å²) in [5.74, 6) is -3.27. The Kier molecular flexibility index (Phi) is 15.2. The van der Waals surface area contributed by atoms with E-state index < -0.39 is 49.7 Å². The first-order chi connectivity index (χ1) is 28.3. The largest absolute Gasteiger partial charge is 1.00 e. The second kappa shape index (κ2) is 19.3. The third-order valence-corrected chi connectivity index (χ3v) is 10.8. The van der Waals surface area contributed by atoms with Crippen LogP contribution < -0.4 is 89.4 Å². The van der Waals surface area contributed by atoms with E-state index in [9.17, 15) is 49.5 Å². The summed E-state index contributed by atoms with van der Waals surface area (Å²) in [6.45, 7) is -5.24. The first-order valence-corrected chi connectivity index (χ1v) is 19.0. The molecule has 6 heterocycles. The van der Waals surface area contributed by atoms with Crippen molar-refractivity contribution < 1.29 is 127 Å². The molecule has 26 heteroatoms. The van der Waals surface area contributed by atoms with Crippen LogP contribution in [0.15, 0.2) is 49.3 Å². The molecule has 0 aliphatic carbocycles. The summed E-state index contributed by atoms with van der Waals surface area (Å²) in [6, 6.07) is 4.62. The van der Waals surface area contributed by atoms with Crippen molar-refractivity contribution in [1.82, 2.24) is 28.9 Å². The minimum absolute atomic E-state index is 0. The number of aromatic carboxylic acids is 2. The SMILES string of the molecule is Cn1cncc1C(N)C(=O)N1CC(Oc2ccc3c(c2C(=O)O)O[B-](O)(O)CC3)C1.Cn1cncc1C(N)C(=O)N1CC(Oc2ccc3c(c2C(=O)O)O[B-](O)(O)CC3)C1.[Na+].[Na+]. The molecule has 2 fully saturated rings. The number of carboxylic acid groups (broad SMARTS) is 2. The van der Waals surface area contributed by atoms with Crippen LogP contribution in [0.5, 0.6) is 23.0 Å². The molecule has 0 saturated carbocycles. The number of carbonyl (C=O) groups excluding carboxylic acids is 2.